The number of nitro benzene ring substituents is 1. The Balaban J connectivity index is 2.05. The Labute approximate surface area is 127 Å². The van der Waals surface area contributed by atoms with Gasteiger partial charge in [-0.1, -0.05) is 0 Å². The molecule has 0 heterocycles. The molecule has 0 bridgehead atoms. The zero-order valence-electron chi connectivity index (χ0n) is 12.3. The van der Waals surface area contributed by atoms with E-state index in [0.29, 0.717) is 18.3 Å². The fourth-order valence-corrected chi connectivity index (χ4v) is 2.23. The molecule has 0 aromatic heterocycles. The standard InChI is InChI=1S/C14H19N3O5/c1-22-11-4-5-12(13(8-11)17(20)21)15-14(19)9-16(6-7-18)10-2-3-10/h4-5,8,10,18H,2-3,6-7,9H2,1H3,(H,15,19). The zero-order valence-corrected chi connectivity index (χ0v) is 12.3. The molecule has 0 unspecified atom stereocenters. The quantitative estimate of drug-likeness (QED) is 0.548. The Morgan fingerprint density at radius 2 is 2.27 bits per heavy atom. The number of hydrogen-bond donors (Lipinski definition) is 2. The number of nitrogens with one attached hydrogen (secondary N) is 1. The first-order valence-corrected chi connectivity index (χ1v) is 7.02. The number of nitro groups is 1. The molecule has 1 aromatic rings. The van der Waals surface area contributed by atoms with E-state index in [-0.39, 0.29) is 30.4 Å². The van der Waals surface area contributed by atoms with E-state index in [0.717, 1.165) is 12.8 Å². The molecule has 8 heteroatoms. The zero-order chi connectivity index (χ0) is 16.1. The second-order valence-electron chi connectivity index (χ2n) is 5.11. The molecule has 1 aromatic carbocycles. The number of carbonyl (C=O) groups is 1. The van der Waals surface area contributed by atoms with Crippen LogP contribution in [0, 0.1) is 10.1 Å². The van der Waals surface area contributed by atoms with Crippen LogP contribution in [0.25, 0.3) is 0 Å². The lowest BCUT2D eigenvalue weighted by Gasteiger charge is -2.20. The lowest BCUT2D eigenvalue weighted by Crippen LogP contribution is -2.36. The molecule has 22 heavy (non-hydrogen) atoms. The van der Waals surface area contributed by atoms with E-state index < -0.39 is 4.92 Å². The number of hydrogen-bond acceptors (Lipinski definition) is 6. The first-order valence-electron chi connectivity index (χ1n) is 7.02. The number of ether oxygens (including phenoxy) is 1. The average Bonchev–Trinajstić information content (AvgIpc) is 3.31. The van der Waals surface area contributed by atoms with Gasteiger partial charge in [-0.05, 0) is 25.0 Å². The molecule has 0 atom stereocenters. The van der Waals surface area contributed by atoms with Gasteiger partial charge in [0.25, 0.3) is 5.69 Å². The predicted octanol–water partition coefficient (Wildman–Crippen LogP) is 0.999. The van der Waals surface area contributed by atoms with Crippen LogP contribution in [0.5, 0.6) is 5.75 Å². The van der Waals surface area contributed by atoms with Gasteiger partial charge in [-0.25, -0.2) is 0 Å². The summed E-state index contributed by atoms with van der Waals surface area (Å²) in [6, 6.07) is 4.59. The van der Waals surface area contributed by atoms with Crippen molar-refractivity contribution in [3.63, 3.8) is 0 Å². The fourth-order valence-electron chi connectivity index (χ4n) is 2.23. The number of aliphatic hydroxyl groups excluding tert-OH is 1. The number of methoxy groups -OCH3 is 1. The van der Waals surface area contributed by atoms with E-state index in [1.807, 2.05) is 4.90 Å². The average molecular weight is 309 g/mol. The lowest BCUT2D eigenvalue weighted by atomic mass is 10.2. The normalized spacial score (nSPS) is 14.0. The Morgan fingerprint density at radius 1 is 1.55 bits per heavy atom. The highest BCUT2D eigenvalue weighted by atomic mass is 16.6. The summed E-state index contributed by atoms with van der Waals surface area (Å²) < 4.78 is 4.95. The smallest absolute Gasteiger partial charge is 0.296 e. The van der Waals surface area contributed by atoms with Gasteiger partial charge in [0.1, 0.15) is 11.4 Å². The largest absolute Gasteiger partial charge is 0.496 e. The summed E-state index contributed by atoms with van der Waals surface area (Å²) in [5.41, 5.74) is -0.0802. The maximum atomic E-state index is 12.1. The molecule has 1 fully saturated rings. The van der Waals surface area contributed by atoms with Crippen LogP contribution in [0.4, 0.5) is 11.4 Å². The molecule has 0 spiro atoms. The van der Waals surface area contributed by atoms with E-state index >= 15 is 0 Å². The minimum atomic E-state index is -0.565. The second-order valence-corrected chi connectivity index (χ2v) is 5.11. The van der Waals surface area contributed by atoms with Crippen molar-refractivity contribution in [2.75, 3.05) is 32.1 Å². The summed E-state index contributed by atoms with van der Waals surface area (Å²) in [6.07, 6.45) is 2.02. The minimum Gasteiger partial charge on any atom is -0.496 e. The Kier molecular flexibility index (Phi) is 5.29. The van der Waals surface area contributed by atoms with Gasteiger partial charge < -0.3 is 15.2 Å². The van der Waals surface area contributed by atoms with E-state index in [9.17, 15) is 14.9 Å². The predicted molar refractivity (Wildman–Crippen MR) is 80.0 cm³/mol. The summed E-state index contributed by atoms with van der Waals surface area (Å²) in [7, 11) is 1.42. The first-order chi connectivity index (χ1) is 10.5. The highest BCUT2D eigenvalue weighted by Gasteiger charge is 2.30. The molecule has 1 aliphatic carbocycles. The van der Waals surface area contributed by atoms with Crippen molar-refractivity contribution in [3.05, 3.63) is 28.3 Å². The van der Waals surface area contributed by atoms with Crippen molar-refractivity contribution < 1.29 is 19.6 Å². The highest BCUT2D eigenvalue weighted by molar-refractivity contribution is 5.94. The number of carbonyl (C=O) groups excluding carboxylic acids is 1. The molecule has 120 valence electrons. The molecule has 0 saturated heterocycles. The molecule has 0 radical (unpaired) electrons. The molecule has 2 N–H and O–H groups in total. The molecular formula is C14H19N3O5. The van der Waals surface area contributed by atoms with Gasteiger partial charge >= 0.3 is 0 Å². The third-order valence-corrected chi connectivity index (χ3v) is 3.47. The summed E-state index contributed by atoms with van der Waals surface area (Å²) >= 11 is 0. The van der Waals surface area contributed by atoms with Gasteiger partial charge in [0.2, 0.25) is 5.91 Å². The van der Waals surface area contributed by atoms with Crippen molar-refractivity contribution in [1.82, 2.24) is 4.90 Å². The molecule has 0 aliphatic heterocycles. The molecule has 2 rings (SSSR count). The van der Waals surface area contributed by atoms with Crippen LogP contribution in [0.2, 0.25) is 0 Å². The van der Waals surface area contributed by atoms with Crippen molar-refractivity contribution in [2.24, 2.45) is 0 Å². The summed E-state index contributed by atoms with van der Waals surface area (Å²) in [5.74, 6) is 0.0122. The molecular weight excluding hydrogens is 290 g/mol. The first kappa shape index (κ1) is 16.2. The maximum Gasteiger partial charge on any atom is 0.296 e. The van der Waals surface area contributed by atoms with Crippen LogP contribution in [-0.2, 0) is 4.79 Å². The molecule has 1 saturated carbocycles. The van der Waals surface area contributed by atoms with Gasteiger partial charge in [0.05, 0.1) is 31.3 Å². The van der Waals surface area contributed by atoms with Crippen LogP contribution in [0.15, 0.2) is 18.2 Å². The van der Waals surface area contributed by atoms with E-state index in [1.165, 1.54) is 19.2 Å². The van der Waals surface area contributed by atoms with Crippen LogP contribution in [0.1, 0.15) is 12.8 Å². The number of aliphatic hydroxyl groups is 1. The topological polar surface area (TPSA) is 105 Å². The van der Waals surface area contributed by atoms with Crippen LogP contribution in [0.3, 0.4) is 0 Å². The third kappa shape index (κ3) is 4.15. The Morgan fingerprint density at radius 3 is 2.82 bits per heavy atom. The number of rotatable bonds is 8. The van der Waals surface area contributed by atoms with Gasteiger partial charge in [-0.2, -0.15) is 0 Å². The van der Waals surface area contributed by atoms with Gasteiger partial charge in [-0.15, -0.1) is 0 Å². The second kappa shape index (κ2) is 7.19. The Hall–Kier alpha value is -2.19. The van der Waals surface area contributed by atoms with Crippen LogP contribution >= 0.6 is 0 Å². The van der Waals surface area contributed by atoms with Crippen LogP contribution < -0.4 is 10.1 Å². The fraction of sp³-hybridized carbons (Fsp3) is 0.500. The van der Waals surface area contributed by atoms with Crippen molar-refractivity contribution in [1.29, 1.82) is 0 Å². The van der Waals surface area contributed by atoms with E-state index in [4.69, 9.17) is 9.84 Å². The minimum absolute atomic E-state index is 0.0214. The highest BCUT2D eigenvalue weighted by Crippen LogP contribution is 2.29. The lowest BCUT2D eigenvalue weighted by molar-refractivity contribution is -0.384. The van der Waals surface area contributed by atoms with Crippen LogP contribution in [-0.4, -0.2) is 53.7 Å². The van der Waals surface area contributed by atoms with E-state index in [1.54, 1.807) is 6.07 Å². The van der Waals surface area contributed by atoms with Gasteiger partial charge in [-0.3, -0.25) is 19.8 Å². The molecule has 1 aliphatic rings. The maximum absolute atomic E-state index is 12.1. The third-order valence-electron chi connectivity index (χ3n) is 3.47. The summed E-state index contributed by atoms with van der Waals surface area (Å²) in [4.78, 5) is 24.5. The van der Waals surface area contributed by atoms with Gasteiger partial charge in [0.15, 0.2) is 0 Å². The number of benzene rings is 1. The summed E-state index contributed by atoms with van der Waals surface area (Å²) in [5, 5.41) is 22.6. The number of amides is 1. The van der Waals surface area contributed by atoms with E-state index in [2.05, 4.69) is 5.32 Å². The summed E-state index contributed by atoms with van der Waals surface area (Å²) in [6.45, 7) is 0.504. The van der Waals surface area contributed by atoms with Crippen molar-refractivity contribution in [3.8, 4) is 5.75 Å². The number of nitrogens with zero attached hydrogens (tertiary/aromatic N) is 2. The number of anilines is 1. The Bertz CT molecular complexity index is 559. The molecule has 8 nitrogen and oxygen atoms in total. The van der Waals surface area contributed by atoms with Gasteiger partial charge in [0, 0.05) is 12.6 Å². The monoisotopic (exact) mass is 309 g/mol. The van der Waals surface area contributed by atoms with Crippen molar-refractivity contribution >= 4 is 17.3 Å². The molecule has 1 amide bonds. The SMILES string of the molecule is COc1ccc(NC(=O)CN(CCO)C2CC2)c([N+](=O)[O-])c1. The van der Waals surface area contributed by atoms with Crippen molar-refractivity contribution in [2.45, 2.75) is 18.9 Å².